The molecule has 0 radical (unpaired) electrons. The molecule has 0 atom stereocenters. The Morgan fingerprint density at radius 3 is 0.628 bits per heavy atom. The van der Waals surface area contributed by atoms with Crippen molar-refractivity contribution in [1.82, 2.24) is 0 Å². The molecule has 0 heterocycles. The van der Waals surface area contributed by atoms with Gasteiger partial charge < -0.3 is 0 Å². The fourth-order valence-corrected chi connectivity index (χ4v) is 32.0. The van der Waals surface area contributed by atoms with Gasteiger partial charge in [0.1, 0.15) is 0 Å². The Balaban J connectivity index is 1.77. The van der Waals surface area contributed by atoms with Crippen molar-refractivity contribution >= 4 is 83.8 Å². The van der Waals surface area contributed by atoms with Gasteiger partial charge in [0, 0.05) is 0 Å². The van der Waals surface area contributed by atoms with Gasteiger partial charge in [-0.25, -0.2) is 0 Å². The van der Waals surface area contributed by atoms with Crippen LogP contribution in [0.15, 0.2) is 190 Å². The second kappa shape index (κ2) is 13.5. The molecule has 0 saturated heterocycles. The molecule has 0 amide bonds. The molecule has 0 aliphatic heterocycles. The summed E-state index contributed by atoms with van der Waals surface area (Å²) in [6, 6.07) is 64.5. The van der Waals surface area contributed by atoms with Gasteiger partial charge in [0.15, 0.2) is 0 Å². The zero-order chi connectivity index (χ0) is 29.6. The summed E-state index contributed by atoms with van der Waals surface area (Å²) in [7, 11) is -8.36. The van der Waals surface area contributed by atoms with Gasteiger partial charge in [-0.2, -0.15) is 0 Å². The second-order valence-corrected chi connectivity index (χ2v) is 33.5. The first-order valence-electron chi connectivity index (χ1n) is 13.9. The average molecular weight is 791 g/mol. The van der Waals surface area contributed by atoms with Crippen molar-refractivity contribution in [3.63, 3.8) is 0 Å². The molecule has 0 saturated carbocycles. The van der Waals surface area contributed by atoms with Crippen LogP contribution in [0.25, 0.3) is 0 Å². The van der Waals surface area contributed by atoms with Gasteiger partial charge in [-0.1, -0.05) is 0 Å². The van der Waals surface area contributed by atoms with E-state index in [9.17, 15) is 0 Å². The summed E-state index contributed by atoms with van der Waals surface area (Å²) in [5.74, 6) is 0. The van der Waals surface area contributed by atoms with Crippen LogP contribution >= 0.6 is 42.3 Å². The van der Waals surface area contributed by atoms with E-state index in [-0.39, 0.29) is 0 Å². The molecule has 0 aliphatic carbocycles. The second-order valence-electron chi connectivity index (χ2n) is 9.86. The first-order chi connectivity index (χ1) is 21.0. The number of hydrogen-bond acceptors (Lipinski definition) is 2. The zero-order valence-electron chi connectivity index (χ0n) is 23.3. The fourth-order valence-electron chi connectivity index (χ4n) is 5.35. The Bertz CT molecular complexity index is 1540. The van der Waals surface area contributed by atoms with E-state index < -0.39 is 23.8 Å². The normalized spacial score (nSPS) is 12.3. The topological polar surface area (TPSA) is 24.7 Å². The standard InChI is InChI=1S/C36H30Br2N2P2Se/c37-43(38,39-41(31-19-7-1-8-20-31,32-21-9-2-10-22-32)33-23-11-3-12-24-33)40-42(34-25-13-4-14-26-34,35-27-15-5-16-28-35)36-29-17-6-18-30-36/h1-30H. The Hall–Kier alpha value is -2.74. The van der Waals surface area contributed by atoms with Crippen LogP contribution < -0.4 is 31.8 Å². The summed E-state index contributed by atoms with van der Waals surface area (Å²) >= 11 is 8.47. The van der Waals surface area contributed by atoms with Gasteiger partial charge in [0.25, 0.3) is 0 Å². The Morgan fingerprint density at radius 2 is 0.465 bits per heavy atom. The third kappa shape index (κ3) is 6.27. The van der Waals surface area contributed by atoms with Crippen LogP contribution in [0.4, 0.5) is 0 Å². The van der Waals surface area contributed by atoms with Gasteiger partial charge in [0.05, 0.1) is 0 Å². The van der Waals surface area contributed by atoms with Crippen LogP contribution in [0.1, 0.15) is 0 Å². The molecule has 2 nitrogen and oxygen atoms in total. The number of rotatable bonds is 8. The molecule has 43 heavy (non-hydrogen) atoms. The van der Waals surface area contributed by atoms with Crippen molar-refractivity contribution in [2.75, 3.05) is 0 Å². The number of benzene rings is 6. The first-order valence-corrected chi connectivity index (χ1v) is 26.9. The fraction of sp³-hybridized carbons (Fsp3) is 0. The molecule has 0 unspecified atom stereocenters. The van der Waals surface area contributed by atoms with Gasteiger partial charge in [-0.05, 0) is 0 Å². The van der Waals surface area contributed by atoms with E-state index in [1.807, 2.05) is 0 Å². The summed E-state index contributed by atoms with van der Waals surface area (Å²) in [5, 5.41) is 7.20. The van der Waals surface area contributed by atoms with Crippen LogP contribution in [0.2, 0.25) is 0 Å². The molecule has 7 heteroatoms. The van der Waals surface area contributed by atoms with E-state index in [4.69, 9.17) is 7.52 Å². The first kappa shape index (κ1) is 30.3. The Morgan fingerprint density at radius 1 is 0.302 bits per heavy atom. The van der Waals surface area contributed by atoms with E-state index in [0.29, 0.717) is 0 Å². The van der Waals surface area contributed by atoms with Crippen molar-refractivity contribution < 1.29 is 0 Å². The van der Waals surface area contributed by atoms with E-state index in [2.05, 4.69) is 210 Å². The molecule has 0 aromatic heterocycles. The molecule has 6 aromatic rings. The summed E-state index contributed by atoms with van der Waals surface area (Å²) in [5.41, 5.74) is 0. The minimum absolute atomic E-state index is 1.20. The molecular weight excluding hydrogens is 761 g/mol. The van der Waals surface area contributed by atoms with Crippen molar-refractivity contribution in [2.24, 2.45) is 7.52 Å². The third-order valence-corrected chi connectivity index (χ3v) is 28.0. The summed E-state index contributed by atoms with van der Waals surface area (Å²) in [6.07, 6.45) is 0. The monoisotopic (exact) mass is 790 g/mol. The van der Waals surface area contributed by atoms with Crippen LogP contribution in [0.3, 0.4) is 0 Å². The molecule has 0 spiro atoms. The molecule has 0 N–H and O–H groups in total. The molecule has 0 aliphatic rings. The molecule has 0 bridgehead atoms. The number of hydrogen-bond donors (Lipinski definition) is 0. The minimum atomic E-state index is -3.34. The summed E-state index contributed by atoms with van der Waals surface area (Å²) in [6.45, 7) is 0. The Kier molecular flexibility index (Phi) is 9.51. The molecule has 6 aromatic carbocycles. The Labute approximate surface area is 271 Å². The van der Waals surface area contributed by atoms with Crippen LogP contribution in [-0.2, 0) is 0 Å². The number of halogens is 2. The maximum absolute atomic E-state index is 5.97. The third-order valence-electron chi connectivity index (χ3n) is 7.22. The zero-order valence-corrected chi connectivity index (χ0v) is 29.9. The van der Waals surface area contributed by atoms with E-state index >= 15 is 0 Å². The maximum atomic E-state index is 5.97. The number of nitrogens with zero attached hydrogens (tertiary/aromatic N) is 2. The predicted molar refractivity (Wildman–Crippen MR) is 199 cm³/mol. The van der Waals surface area contributed by atoms with Crippen molar-refractivity contribution in [3.05, 3.63) is 182 Å². The van der Waals surface area contributed by atoms with Crippen LogP contribution in [-0.4, -0.2) is 9.67 Å². The van der Waals surface area contributed by atoms with Crippen molar-refractivity contribution in [1.29, 1.82) is 0 Å². The SMILES string of the molecule is Br[Se](Br)(N=P(c1ccccc1)(c1ccccc1)c1ccccc1)N=P(c1ccccc1)(c1ccccc1)c1ccccc1. The van der Waals surface area contributed by atoms with Gasteiger partial charge >= 0.3 is 273 Å². The van der Waals surface area contributed by atoms with Crippen molar-refractivity contribution in [2.45, 2.75) is 0 Å². The van der Waals surface area contributed by atoms with Gasteiger partial charge in [0.2, 0.25) is 0 Å². The quantitative estimate of drug-likeness (QED) is 0.109. The van der Waals surface area contributed by atoms with Crippen LogP contribution in [0, 0.1) is 0 Å². The molecular formula is C36H30Br2N2P2Se. The predicted octanol–water partition coefficient (Wildman–Crippen LogP) is 8.57. The van der Waals surface area contributed by atoms with E-state index in [1.54, 1.807) is 0 Å². The summed E-state index contributed by atoms with van der Waals surface area (Å²) < 4.78 is 11.9. The van der Waals surface area contributed by atoms with Gasteiger partial charge in [-0.3, -0.25) is 0 Å². The van der Waals surface area contributed by atoms with Gasteiger partial charge in [-0.15, -0.1) is 0 Å². The molecule has 0 fully saturated rings. The van der Waals surface area contributed by atoms with Crippen molar-refractivity contribution in [3.8, 4) is 0 Å². The molecule has 6 rings (SSSR count). The van der Waals surface area contributed by atoms with E-state index in [0.717, 1.165) is 0 Å². The summed E-state index contributed by atoms with van der Waals surface area (Å²) in [4.78, 5) is 0. The molecule has 214 valence electrons. The van der Waals surface area contributed by atoms with E-state index in [1.165, 1.54) is 31.8 Å². The average Bonchev–Trinajstić information content (AvgIpc) is 3.08. The van der Waals surface area contributed by atoms with Crippen LogP contribution in [0.5, 0.6) is 0 Å².